The van der Waals surface area contributed by atoms with Gasteiger partial charge in [0.05, 0.1) is 0 Å². The van der Waals surface area contributed by atoms with Gasteiger partial charge in [-0.2, -0.15) is 0 Å². The van der Waals surface area contributed by atoms with Crippen molar-refractivity contribution in [2.75, 3.05) is 18.4 Å². The first-order valence-corrected chi connectivity index (χ1v) is 7.18. The molecule has 0 bridgehead atoms. The van der Waals surface area contributed by atoms with E-state index in [0.717, 1.165) is 30.8 Å². The molecule has 1 aliphatic rings. The van der Waals surface area contributed by atoms with Crippen LogP contribution < -0.4 is 10.6 Å². The van der Waals surface area contributed by atoms with Gasteiger partial charge in [0.1, 0.15) is 0 Å². The van der Waals surface area contributed by atoms with Gasteiger partial charge in [0.2, 0.25) is 5.91 Å². The molecule has 1 unspecified atom stereocenters. The van der Waals surface area contributed by atoms with Crippen LogP contribution in [0.5, 0.6) is 0 Å². The molecule has 1 atom stereocenters. The van der Waals surface area contributed by atoms with Crippen LogP contribution in [0.1, 0.15) is 43.7 Å². The maximum Gasteiger partial charge on any atom is 0.224 e. The molecule has 2 N–H and O–H groups in total. The van der Waals surface area contributed by atoms with Crippen molar-refractivity contribution in [3.05, 3.63) is 29.3 Å². The molecule has 1 heterocycles. The molecule has 1 aromatic carbocycles. The number of aryl methyl sites for hydroxylation is 1. The second-order valence-corrected chi connectivity index (χ2v) is 5.80. The van der Waals surface area contributed by atoms with Crippen LogP contribution in [0.2, 0.25) is 0 Å². The predicted octanol–water partition coefficient (Wildman–Crippen LogP) is 3.06. The monoisotopic (exact) mass is 260 g/mol. The van der Waals surface area contributed by atoms with Gasteiger partial charge < -0.3 is 10.6 Å². The van der Waals surface area contributed by atoms with Gasteiger partial charge in [0, 0.05) is 12.1 Å². The Morgan fingerprint density at radius 3 is 2.89 bits per heavy atom. The molecule has 3 heteroatoms. The van der Waals surface area contributed by atoms with Crippen LogP contribution in [-0.4, -0.2) is 19.0 Å². The summed E-state index contributed by atoms with van der Waals surface area (Å²) in [5.74, 6) is 1.06. The highest BCUT2D eigenvalue weighted by Crippen LogP contribution is 2.27. The first-order valence-electron chi connectivity index (χ1n) is 7.18. The summed E-state index contributed by atoms with van der Waals surface area (Å²) in [6, 6.07) is 6.21. The number of carbonyl (C=O) groups is 1. The van der Waals surface area contributed by atoms with Crippen LogP contribution in [0.4, 0.5) is 5.69 Å². The smallest absolute Gasteiger partial charge is 0.224 e. The Morgan fingerprint density at radius 2 is 2.26 bits per heavy atom. The SMILES string of the molecule is Cc1cccc(C(C)C)c1NC(=O)CC1CCNC1. The van der Waals surface area contributed by atoms with Gasteiger partial charge in [-0.15, -0.1) is 0 Å². The van der Waals surface area contributed by atoms with Crippen molar-refractivity contribution >= 4 is 11.6 Å². The molecular formula is C16H24N2O. The molecule has 1 aromatic rings. The normalized spacial score (nSPS) is 18.8. The van der Waals surface area contributed by atoms with Crippen LogP contribution in [-0.2, 0) is 4.79 Å². The molecule has 19 heavy (non-hydrogen) atoms. The fourth-order valence-electron chi connectivity index (χ4n) is 2.68. The van der Waals surface area contributed by atoms with Gasteiger partial charge in [0.25, 0.3) is 0 Å². The van der Waals surface area contributed by atoms with Gasteiger partial charge >= 0.3 is 0 Å². The molecule has 0 radical (unpaired) electrons. The zero-order valence-corrected chi connectivity index (χ0v) is 12.1. The van der Waals surface area contributed by atoms with E-state index in [9.17, 15) is 4.79 Å². The van der Waals surface area contributed by atoms with E-state index in [0.29, 0.717) is 18.3 Å². The Morgan fingerprint density at radius 1 is 1.47 bits per heavy atom. The number of benzene rings is 1. The highest BCUT2D eigenvalue weighted by Gasteiger charge is 2.19. The Hall–Kier alpha value is -1.35. The number of carbonyl (C=O) groups excluding carboxylic acids is 1. The van der Waals surface area contributed by atoms with Gasteiger partial charge in [-0.1, -0.05) is 32.0 Å². The fourth-order valence-corrected chi connectivity index (χ4v) is 2.68. The molecule has 104 valence electrons. The average molecular weight is 260 g/mol. The summed E-state index contributed by atoms with van der Waals surface area (Å²) in [6.45, 7) is 8.38. The van der Waals surface area contributed by atoms with Gasteiger partial charge in [-0.05, 0) is 49.4 Å². The van der Waals surface area contributed by atoms with E-state index >= 15 is 0 Å². The summed E-state index contributed by atoms with van der Waals surface area (Å²) in [7, 11) is 0. The maximum absolute atomic E-state index is 12.2. The average Bonchev–Trinajstić information content (AvgIpc) is 2.84. The number of hydrogen-bond donors (Lipinski definition) is 2. The molecule has 1 saturated heterocycles. The number of nitrogens with one attached hydrogen (secondary N) is 2. The van der Waals surface area contributed by atoms with Crippen molar-refractivity contribution < 1.29 is 4.79 Å². The van der Waals surface area contributed by atoms with Crippen molar-refractivity contribution in [3.63, 3.8) is 0 Å². The van der Waals surface area contributed by atoms with E-state index in [-0.39, 0.29) is 5.91 Å². The van der Waals surface area contributed by atoms with Crippen LogP contribution in [0, 0.1) is 12.8 Å². The molecule has 0 aliphatic carbocycles. The largest absolute Gasteiger partial charge is 0.326 e. The van der Waals surface area contributed by atoms with Crippen LogP contribution in [0.15, 0.2) is 18.2 Å². The van der Waals surface area contributed by atoms with E-state index in [1.807, 2.05) is 0 Å². The quantitative estimate of drug-likeness (QED) is 0.873. The minimum Gasteiger partial charge on any atom is -0.326 e. The fraction of sp³-hybridized carbons (Fsp3) is 0.562. The third-order valence-electron chi connectivity index (χ3n) is 3.83. The molecule has 0 spiro atoms. The third-order valence-corrected chi connectivity index (χ3v) is 3.83. The molecule has 0 aromatic heterocycles. The maximum atomic E-state index is 12.2. The molecule has 0 saturated carbocycles. The highest BCUT2D eigenvalue weighted by atomic mass is 16.1. The van der Waals surface area contributed by atoms with Crippen molar-refractivity contribution in [2.24, 2.45) is 5.92 Å². The topological polar surface area (TPSA) is 41.1 Å². The van der Waals surface area contributed by atoms with Gasteiger partial charge in [-0.25, -0.2) is 0 Å². The molecule has 3 nitrogen and oxygen atoms in total. The van der Waals surface area contributed by atoms with E-state index < -0.39 is 0 Å². The van der Waals surface area contributed by atoms with Crippen molar-refractivity contribution in [3.8, 4) is 0 Å². The minimum absolute atomic E-state index is 0.143. The number of para-hydroxylation sites is 1. The van der Waals surface area contributed by atoms with E-state index in [2.05, 4.69) is 49.6 Å². The van der Waals surface area contributed by atoms with Crippen molar-refractivity contribution in [1.29, 1.82) is 0 Å². The van der Waals surface area contributed by atoms with Crippen LogP contribution >= 0.6 is 0 Å². The summed E-state index contributed by atoms with van der Waals surface area (Å²) in [5.41, 5.74) is 3.37. The zero-order valence-electron chi connectivity index (χ0n) is 12.1. The Bertz CT molecular complexity index is 448. The second kappa shape index (κ2) is 6.20. The van der Waals surface area contributed by atoms with Crippen molar-refractivity contribution in [2.45, 2.75) is 39.5 Å². The first kappa shape index (κ1) is 14.1. The molecule has 1 amide bonds. The zero-order chi connectivity index (χ0) is 13.8. The Labute approximate surface area is 115 Å². The van der Waals surface area contributed by atoms with E-state index in [4.69, 9.17) is 0 Å². The third kappa shape index (κ3) is 3.57. The summed E-state index contributed by atoms with van der Waals surface area (Å²) < 4.78 is 0. The highest BCUT2D eigenvalue weighted by molar-refractivity contribution is 5.92. The molecule has 2 rings (SSSR count). The van der Waals surface area contributed by atoms with E-state index in [1.165, 1.54) is 5.56 Å². The lowest BCUT2D eigenvalue weighted by Crippen LogP contribution is -2.19. The number of anilines is 1. The summed E-state index contributed by atoms with van der Waals surface area (Å²) >= 11 is 0. The van der Waals surface area contributed by atoms with Crippen LogP contribution in [0.25, 0.3) is 0 Å². The molecule has 1 fully saturated rings. The first-order chi connectivity index (χ1) is 9.08. The summed E-state index contributed by atoms with van der Waals surface area (Å²) in [6.07, 6.45) is 1.73. The number of amides is 1. The predicted molar refractivity (Wildman–Crippen MR) is 79.5 cm³/mol. The van der Waals surface area contributed by atoms with Gasteiger partial charge in [0.15, 0.2) is 0 Å². The lowest BCUT2D eigenvalue weighted by atomic mass is 9.97. The summed E-state index contributed by atoms with van der Waals surface area (Å²) in [5, 5.41) is 6.42. The Balaban J connectivity index is 2.07. The van der Waals surface area contributed by atoms with Crippen LogP contribution in [0.3, 0.4) is 0 Å². The number of hydrogen-bond acceptors (Lipinski definition) is 2. The van der Waals surface area contributed by atoms with E-state index in [1.54, 1.807) is 0 Å². The van der Waals surface area contributed by atoms with Gasteiger partial charge in [-0.3, -0.25) is 4.79 Å². The van der Waals surface area contributed by atoms with Crippen molar-refractivity contribution in [1.82, 2.24) is 5.32 Å². The Kier molecular flexibility index (Phi) is 4.59. The standard InChI is InChI=1S/C16H24N2O/c1-11(2)14-6-4-5-12(3)16(14)18-15(19)9-13-7-8-17-10-13/h4-6,11,13,17H,7-10H2,1-3H3,(H,18,19). The lowest BCUT2D eigenvalue weighted by molar-refractivity contribution is -0.117. The molecular weight excluding hydrogens is 236 g/mol. The number of rotatable bonds is 4. The lowest BCUT2D eigenvalue weighted by Gasteiger charge is -2.17. The molecule has 1 aliphatic heterocycles. The minimum atomic E-state index is 0.143. The second-order valence-electron chi connectivity index (χ2n) is 5.80. The summed E-state index contributed by atoms with van der Waals surface area (Å²) in [4.78, 5) is 12.2.